The van der Waals surface area contributed by atoms with Gasteiger partial charge in [0, 0.05) is 10.6 Å². The van der Waals surface area contributed by atoms with Crippen molar-refractivity contribution in [3.05, 3.63) is 34.9 Å². The normalized spacial score (nSPS) is 20.6. The van der Waals surface area contributed by atoms with Crippen LogP contribution in [0.4, 0.5) is 0 Å². The highest BCUT2D eigenvalue weighted by Gasteiger charge is 2.41. The fraction of sp³-hybridized carbons (Fsp3) is 0.625. The van der Waals surface area contributed by atoms with Crippen molar-refractivity contribution in [1.82, 2.24) is 10.3 Å². The molecule has 112 valence electrons. The Balaban J connectivity index is 2.36. The first kappa shape index (κ1) is 15.8. The second kappa shape index (κ2) is 6.90. The molecule has 1 aliphatic carbocycles. The molecule has 1 unspecified atom stereocenters. The Morgan fingerprint density at radius 1 is 1.10 bits per heavy atom. The lowest BCUT2D eigenvalue weighted by atomic mass is 9.78. The number of nitrogens with two attached hydrogens (primary N) is 1. The number of benzene rings is 1. The van der Waals surface area contributed by atoms with Gasteiger partial charge in [0.1, 0.15) is 0 Å². The fourth-order valence-electron chi connectivity index (χ4n) is 3.55. The first-order chi connectivity index (χ1) is 9.60. The average Bonchev–Trinajstić information content (AvgIpc) is 2.69. The summed E-state index contributed by atoms with van der Waals surface area (Å²) in [6, 6.07) is 8.20. The van der Waals surface area contributed by atoms with Crippen LogP contribution in [0.2, 0.25) is 5.02 Å². The van der Waals surface area contributed by atoms with Crippen molar-refractivity contribution in [1.29, 1.82) is 0 Å². The summed E-state index contributed by atoms with van der Waals surface area (Å²) >= 11 is 6.01. The van der Waals surface area contributed by atoms with Gasteiger partial charge >= 0.3 is 0 Å². The predicted molar refractivity (Wildman–Crippen MR) is 85.6 cm³/mol. The van der Waals surface area contributed by atoms with E-state index in [0.717, 1.165) is 5.02 Å². The maximum Gasteiger partial charge on any atom is 0.0643 e. The summed E-state index contributed by atoms with van der Waals surface area (Å²) < 4.78 is 0. The van der Waals surface area contributed by atoms with Crippen LogP contribution in [-0.4, -0.2) is 24.5 Å². The minimum absolute atomic E-state index is 0.0824. The van der Waals surface area contributed by atoms with E-state index in [4.69, 9.17) is 17.4 Å². The van der Waals surface area contributed by atoms with Gasteiger partial charge in [-0.1, -0.05) is 49.4 Å². The molecule has 1 atom stereocenters. The Morgan fingerprint density at radius 3 is 2.10 bits per heavy atom. The van der Waals surface area contributed by atoms with Crippen molar-refractivity contribution >= 4 is 11.6 Å². The lowest BCUT2D eigenvalue weighted by Gasteiger charge is -2.45. The van der Waals surface area contributed by atoms with Crippen LogP contribution in [0, 0.1) is 0 Å². The zero-order valence-corrected chi connectivity index (χ0v) is 13.3. The molecular formula is C16H26ClN3. The van der Waals surface area contributed by atoms with E-state index in [9.17, 15) is 0 Å². The quantitative estimate of drug-likeness (QED) is 0.507. The molecule has 1 fully saturated rings. The lowest BCUT2D eigenvalue weighted by Crippen LogP contribution is -2.55. The molecule has 4 heteroatoms. The lowest BCUT2D eigenvalue weighted by molar-refractivity contribution is 0.0800. The van der Waals surface area contributed by atoms with Crippen LogP contribution in [0.25, 0.3) is 0 Å². The maximum atomic E-state index is 6.01. The molecule has 1 aliphatic rings. The molecule has 2 rings (SSSR count). The van der Waals surface area contributed by atoms with Gasteiger partial charge in [0.05, 0.1) is 6.04 Å². The van der Waals surface area contributed by atoms with Gasteiger partial charge in [-0.3, -0.25) is 11.3 Å². The van der Waals surface area contributed by atoms with Gasteiger partial charge in [-0.05, 0) is 44.6 Å². The van der Waals surface area contributed by atoms with Gasteiger partial charge in [-0.2, -0.15) is 0 Å². The van der Waals surface area contributed by atoms with Gasteiger partial charge in [0.2, 0.25) is 0 Å². The van der Waals surface area contributed by atoms with Gasteiger partial charge in [0.25, 0.3) is 0 Å². The van der Waals surface area contributed by atoms with Crippen molar-refractivity contribution in [3.63, 3.8) is 0 Å². The molecule has 3 nitrogen and oxygen atoms in total. The molecule has 0 amide bonds. The Hall–Kier alpha value is -0.610. The van der Waals surface area contributed by atoms with E-state index in [2.05, 4.69) is 36.6 Å². The third kappa shape index (κ3) is 3.17. The van der Waals surface area contributed by atoms with Crippen LogP contribution in [0.15, 0.2) is 24.3 Å². The number of nitrogens with one attached hydrogen (secondary N) is 1. The molecule has 0 spiro atoms. The number of hydrogen-bond donors (Lipinski definition) is 2. The Bertz CT molecular complexity index is 408. The van der Waals surface area contributed by atoms with Crippen molar-refractivity contribution in [2.24, 2.45) is 5.84 Å². The number of hydrazine groups is 1. The molecule has 0 aliphatic heterocycles. The van der Waals surface area contributed by atoms with Crippen LogP contribution in [-0.2, 0) is 0 Å². The topological polar surface area (TPSA) is 41.3 Å². The van der Waals surface area contributed by atoms with Gasteiger partial charge in [-0.25, -0.2) is 0 Å². The summed E-state index contributed by atoms with van der Waals surface area (Å²) in [6.45, 7) is 0. The highest BCUT2D eigenvalue weighted by atomic mass is 35.5. The monoisotopic (exact) mass is 295 g/mol. The molecule has 3 N–H and O–H groups in total. The number of nitrogens with zero attached hydrogens (tertiary/aromatic N) is 1. The summed E-state index contributed by atoms with van der Waals surface area (Å²) in [5, 5.41) is 0.768. The van der Waals surface area contributed by atoms with Crippen LogP contribution >= 0.6 is 11.6 Å². The van der Waals surface area contributed by atoms with Crippen molar-refractivity contribution in [3.8, 4) is 0 Å². The number of rotatable bonds is 4. The van der Waals surface area contributed by atoms with E-state index in [-0.39, 0.29) is 11.6 Å². The zero-order valence-electron chi connectivity index (χ0n) is 12.5. The third-order valence-electron chi connectivity index (χ3n) is 4.77. The molecule has 20 heavy (non-hydrogen) atoms. The largest absolute Gasteiger partial charge is 0.302 e. The molecule has 0 aromatic heterocycles. The number of halogens is 1. The molecule has 1 aromatic rings. The highest BCUT2D eigenvalue weighted by molar-refractivity contribution is 6.30. The first-order valence-corrected chi connectivity index (χ1v) is 7.87. The summed E-state index contributed by atoms with van der Waals surface area (Å²) in [5.74, 6) is 5.94. The van der Waals surface area contributed by atoms with Crippen LogP contribution in [0.5, 0.6) is 0 Å². The second-order valence-electron chi connectivity index (χ2n) is 6.06. The van der Waals surface area contributed by atoms with Gasteiger partial charge < -0.3 is 4.90 Å². The van der Waals surface area contributed by atoms with E-state index in [1.165, 1.54) is 44.1 Å². The van der Waals surface area contributed by atoms with E-state index in [0.29, 0.717) is 0 Å². The summed E-state index contributed by atoms with van der Waals surface area (Å²) in [4.78, 5) is 2.36. The minimum Gasteiger partial charge on any atom is -0.302 e. The molecule has 0 heterocycles. The van der Waals surface area contributed by atoms with Crippen molar-refractivity contribution in [2.75, 3.05) is 14.1 Å². The van der Waals surface area contributed by atoms with Crippen molar-refractivity contribution in [2.45, 2.75) is 50.1 Å². The standard InChI is InChI=1S/C16H26ClN3/c1-20(2)16(11-5-3-4-6-12-16)15(19-18)13-7-9-14(17)10-8-13/h7-10,15,19H,3-6,11-12,18H2,1-2H3. The van der Waals surface area contributed by atoms with Gasteiger partial charge in [0.15, 0.2) is 0 Å². The number of likely N-dealkylation sites (N-methyl/N-ethyl adjacent to an activating group) is 1. The third-order valence-corrected chi connectivity index (χ3v) is 5.02. The van der Waals surface area contributed by atoms with Gasteiger partial charge in [-0.15, -0.1) is 0 Å². The van der Waals surface area contributed by atoms with E-state index in [1.807, 2.05) is 12.1 Å². The SMILES string of the molecule is CN(C)C1(C(NN)c2ccc(Cl)cc2)CCCCCC1. The van der Waals surface area contributed by atoms with Crippen LogP contribution < -0.4 is 11.3 Å². The Morgan fingerprint density at radius 2 is 1.65 bits per heavy atom. The molecule has 0 bridgehead atoms. The maximum absolute atomic E-state index is 6.01. The summed E-state index contributed by atoms with van der Waals surface area (Å²) in [6.07, 6.45) is 7.55. The van der Waals surface area contributed by atoms with E-state index in [1.54, 1.807) is 0 Å². The van der Waals surface area contributed by atoms with E-state index < -0.39 is 0 Å². The number of hydrogen-bond acceptors (Lipinski definition) is 3. The zero-order chi connectivity index (χ0) is 14.6. The smallest absolute Gasteiger partial charge is 0.0643 e. The second-order valence-corrected chi connectivity index (χ2v) is 6.50. The fourth-order valence-corrected chi connectivity index (χ4v) is 3.68. The summed E-state index contributed by atoms with van der Waals surface area (Å²) in [7, 11) is 4.34. The van der Waals surface area contributed by atoms with E-state index >= 15 is 0 Å². The molecular weight excluding hydrogens is 270 g/mol. The first-order valence-electron chi connectivity index (χ1n) is 7.49. The molecule has 1 aromatic carbocycles. The molecule has 0 saturated heterocycles. The Kier molecular flexibility index (Phi) is 5.44. The van der Waals surface area contributed by atoms with Crippen LogP contribution in [0.3, 0.4) is 0 Å². The molecule has 1 saturated carbocycles. The van der Waals surface area contributed by atoms with Crippen molar-refractivity contribution < 1.29 is 0 Å². The predicted octanol–water partition coefficient (Wildman–Crippen LogP) is 3.50. The minimum atomic E-state index is 0.0824. The van der Waals surface area contributed by atoms with Crippen LogP contribution in [0.1, 0.15) is 50.1 Å². The Labute approximate surface area is 127 Å². The highest BCUT2D eigenvalue weighted by Crippen LogP contribution is 2.40. The average molecular weight is 296 g/mol. The summed E-state index contributed by atoms with van der Waals surface area (Å²) in [5.41, 5.74) is 4.37. The molecule has 0 radical (unpaired) electrons.